The third kappa shape index (κ3) is 3.65. The van der Waals surface area contributed by atoms with Crippen molar-refractivity contribution in [2.45, 2.75) is 31.8 Å². The number of carboxylic acids is 1. The molecule has 2 aliphatic rings. The molecule has 2 heterocycles. The van der Waals surface area contributed by atoms with Crippen molar-refractivity contribution in [1.29, 1.82) is 0 Å². The molecule has 2 rings (SSSR count). The minimum atomic E-state index is -0.912. The van der Waals surface area contributed by atoms with Crippen LogP contribution < -0.4 is 5.32 Å². The van der Waals surface area contributed by atoms with E-state index in [0.29, 0.717) is 12.6 Å². The van der Waals surface area contributed by atoms with Gasteiger partial charge in [-0.05, 0) is 25.9 Å². The van der Waals surface area contributed by atoms with Crippen molar-refractivity contribution >= 4 is 12.0 Å². The van der Waals surface area contributed by atoms with Gasteiger partial charge in [0.2, 0.25) is 0 Å². The third-order valence-corrected chi connectivity index (χ3v) is 4.58. The first-order valence-corrected chi connectivity index (χ1v) is 7.59. The number of hydrogen-bond donors (Lipinski definition) is 2. The number of amides is 2. The number of nitrogens with one attached hydrogen (secondary N) is 1. The van der Waals surface area contributed by atoms with Gasteiger partial charge in [-0.3, -0.25) is 9.69 Å². The molecule has 0 aromatic rings. The Balaban J connectivity index is 1.83. The molecule has 7 heteroatoms. The lowest BCUT2D eigenvalue weighted by molar-refractivity contribution is -0.142. The predicted octanol–water partition coefficient (Wildman–Crippen LogP) is 0.212. The minimum absolute atomic E-state index is 0.170. The quantitative estimate of drug-likeness (QED) is 0.758. The van der Waals surface area contributed by atoms with E-state index in [0.717, 1.165) is 19.5 Å². The smallest absolute Gasteiger partial charge is 0.317 e. The van der Waals surface area contributed by atoms with Crippen molar-refractivity contribution in [1.82, 2.24) is 15.1 Å². The van der Waals surface area contributed by atoms with Crippen molar-refractivity contribution in [2.24, 2.45) is 5.92 Å². The number of hydrogen-bond acceptors (Lipinski definition) is 4. The highest BCUT2D eigenvalue weighted by atomic mass is 16.5. The number of carbonyl (C=O) groups excluding carboxylic acids is 1. The number of nitrogens with zero attached hydrogens (tertiary/aromatic N) is 2. The van der Waals surface area contributed by atoms with Crippen LogP contribution in [-0.2, 0) is 9.53 Å². The van der Waals surface area contributed by atoms with Crippen LogP contribution in [0.1, 0.15) is 19.8 Å². The first kappa shape index (κ1) is 16.0. The van der Waals surface area contributed by atoms with Gasteiger partial charge in [0.1, 0.15) is 5.92 Å². The van der Waals surface area contributed by atoms with Gasteiger partial charge in [-0.2, -0.15) is 0 Å². The second-order valence-corrected chi connectivity index (χ2v) is 5.77. The second kappa shape index (κ2) is 7.09. The Morgan fingerprint density at radius 2 is 2.19 bits per heavy atom. The number of urea groups is 1. The molecule has 3 unspecified atom stereocenters. The SMILES string of the molecule is CCN1CCCC1CNC(=O)N(C)C1COCC1C(=O)O. The van der Waals surface area contributed by atoms with Crippen LogP contribution in [0.25, 0.3) is 0 Å². The highest BCUT2D eigenvalue weighted by Gasteiger charge is 2.38. The number of aliphatic carboxylic acids is 1. The maximum Gasteiger partial charge on any atom is 0.317 e. The fourth-order valence-corrected chi connectivity index (χ4v) is 3.18. The van der Waals surface area contributed by atoms with Crippen LogP contribution in [0.2, 0.25) is 0 Å². The fraction of sp³-hybridized carbons (Fsp3) is 0.857. The van der Waals surface area contributed by atoms with Crippen LogP contribution >= 0.6 is 0 Å². The normalized spacial score (nSPS) is 29.5. The van der Waals surface area contributed by atoms with Gasteiger partial charge in [-0.15, -0.1) is 0 Å². The van der Waals surface area contributed by atoms with E-state index in [-0.39, 0.29) is 19.2 Å². The summed E-state index contributed by atoms with van der Waals surface area (Å²) in [5.74, 6) is -1.55. The van der Waals surface area contributed by atoms with Crippen molar-refractivity contribution < 1.29 is 19.4 Å². The molecule has 2 aliphatic heterocycles. The first-order chi connectivity index (χ1) is 10.0. The fourth-order valence-electron chi connectivity index (χ4n) is 3.18. The summed E-state index contributed by atoms with van der Waals surface area (Å²) in [7, 11) is 1.64. The number of likely N-dealkylation sites (N-methyl/N-ethyl adjacent to an activating group) is 2. The summed E-state index contributed by atoms with van der Waals surface area (Å²) in [4.78, 5) is 27.2. The van der Waals surface area contributed by atoms with Crippen LogP contribution in [0.3, 0.4) is 0 Å². The molecule has 0 aromatic carbocycles. The van der Waals surface area contributed by atoms with E-state index in [4.69, 9.17) is 9.84 Å². The Morgan fingerprint density at radius 1 is 1.43 bits per heavy atom. The molecule has 7 nitrogen and oxygen atoms in total. The molecular weight excluding hydrogens is 274 g/mol. The highest BCUT2D eigenvalue weighted by molar-refractivity contribution is 5.77. The van der Waals surface area contributed by atoms with Crippen molar-refractivity contribution in [2.75, 3.05) is 39.9 Å². The van der Waals surface area contributed by atoms with Gasteiger partial charge in [0, 0.05) is 19.6 Å². The molecule has 0 saturated carbocycles. The lowest BCUT2D eigenvalue weighted by Crippen LogP contribution is -2.50. The van der Waals surface area contributed by atoms with Crippen LogP contribution in [0.5, 0.6) is 0 Å². The van der Waals surface area contributed by atoms with Crippen molar-refractivity contribution in [3.63, 3.8) is 0 Å². The standard InChI is InChI=1S/C14H25N3O4/c1-3-17-6-4-5-10(17)7-15-14(20)16(2)12-9-21-8-11(12)13(18)19/h10-12H,3-9H2,1-2H3,(H,15,20)(H,18,19). The van der Waals surface area contributed by atoms with Gasteiger partial charge in [0.05, 0.1) is 19.3 Å². The average Bonchev–Trinajstić information content (AvgIpc) is 3.11. The maximum atomic E-state index is 12.2. The monoisotopic (exact) mass is 299 g/mol. The topological polar surface area (TPSA) is 82.1 Å². The van der Waals surface area contributed by atoms with Crippen molar-refractivity contribution in [3.05, 3.63) is 0 Å². The summed E-state index contributed by atoms with van der Waals surface area (Å²) < 4.78 is 5.20. The maximum absolute atomic E-state index is 12.2. The molecule has 0 radical (unpaired) electrons. The van der Waals surface area contributed by atoms with Gasteiger partial charge in [0.15, 0.2) is 0 Å². The van der Waals surface area contributed by atoms with E-state index in [1.54, 1.807) is 7.05 Å². The number of rotatable bonds is 5. The predicted molar refractivity (Wildman–Crippen MR) is 77.2 cm³/mol. The molecule has 0 aromatic heterocycles. The van der Waals surface area contributed by atoms with Crippen LogP contribution in [0.4, 0.5) is 4.79 Å². The van der Waals surface area contributed by atoms with E-state index in [1.165, 1.54) is 11.3 Å². The highest BCUT2D eigenvalue weighted by Crippen LogP contribution is 2.19. The van der Waals surface area contributed by atoms with E-state index >= 15 is 0 Å². The third-order valence-electron chi connectivity index (χ3n) is 4.58. The minimum Gasteiger partial charge on any atom is -0.481 e. The molecule has 3 atom stereocenters. The molecule has 2 fully saturated rings. The van der Waals surface area contributed by atoms with Crippen LogP contribution in [-0.4, -0.2) is 78.9 Å². The summed E-state index contributed by atoms with van der Waals surface area (Å²) in [5.41, 5.74) is 0. The van der Waals surface area contributed by atoms with Gasteiger partial charge in [-0.1, -0.05) is 6.92 Å². The molecule has 120 valence electrons. The Labute approximate surface area is 125 Å². The Kier molecular flexibility index (Phi) is 5.41. The van der Waals surface area contributed by atoms with E-state index in [9.17, 15) is 9.59 Å². The molecule has 0 spiro atoms. The largest absolute Gasteiger partial charge is 0.481 e. The molecule has 2 N–H and O–H groups in total. The number of carbonyl (C=O) groups is 2. The summed E-state index contributed by atoms with van der Waals surface area (Å²) in [6.07, 6.45) is 2.27. The number of likely N-dealkylation sites (tertiary alicyclic amines) is 1. The van der Waals surface area contributed by atoms with Gasteiger partial charge < -0.3 is 20.1 Å². The molecule has 2 amide bonds. The zero-order valence-electron chi connectivity index (χ0n) is 12.7. The summed E-state index contributed by atoms with van der Waals surface area (Å²) in [6.45, 7) is 5.27. The number of carboxylic acid groups (broad SMARTS) is 1. The van der Waals surface area contributed by atoms with Crippen molar-refractivity contribution in [3.8, 4) is 0 Å². The Morgan fingerprint density at radius 3 is 2.86 bits per heavy atom. The van der Waals surface area contributed by atoms with Gasteiger partial charge in [0.25, 0.3) is 0 Å². The number of ether oxygens (including phenoxy) is 1. The van der Waals surface area contributed by atoms with E-state index < -0.39 is 17.9 Å². The molecule has 0 aliphatic carbocycles. The van der Waals surface area contributed by atoms with Gasteiger partial charge in [-0.25, -0.2) is 4.79 Å². The zero-order chi connectivity index (χ0) is 15.4. The lowest BCUT2D eigenvalue weighted by atomic mass is 10.0. The zero-order valence-corrected chi connectivity index (χ0v) is 12.7. The summed E-state index contributed by atoms with van der Waals surface area (Å²) in [5, 5.41) is 12.1. The van der Waals surface area contributed by atoms with E-state index in [2.05, 4.69) is 17.1 Å². The summed E-state index contributed by atoms with van der Waals surface area (Å²) in [6, 6.07) is -0.226. The molecule has 0 bridgehead atoms. The average molecular weight is 299 g/mol. The Bertz CT molecular complexity index is 390. The van der Waals surface area contributed by atoms with Crippen LogP contribution in [0, 0.1) is 5.92 Å². The summed E-state index contributed by atoms with van der Waals surface area (Å²) >= 11 is 0. The second-order valence-electron chi connectivity index (χ2n) is 5.77. The Hall–Kier alpha value is -1.34. The van der Waals surface area contributed by atoms with Gasteiger partial charge >= 0.3 is 12.0 Å². The lowest BCUT2D eigenvalue weighted by Gasteiger charge is -2.28. The van der Waals surface area contributed by atoms with Crippen LogP contribution in [0.15, 0.2) is 0 Å². The van der Waals surface area contributed by atoms with E-state index in [1.807, 2.05) is 0 Å². The first-order valence-electron chi connectivity index (χ1n) is 7.59. The molecule has 2 saturated heterocycles. The molecular formula is C14H25N3O4. The molecule has 21 heavy (non-hydrogen) atoms.